The van der Waals surface area contributed by atoms with Crippen LogP contribution in [-0.4, -0.2) is 96.9 Å². The molecule has 0 bridgehead atoms. The second-order valence-electron chi connectivity index (χ2n) is 9.87. The van der Waals surface area contributed by atoms with Gasteiger partial charge in [0.15, 0.2) is 0 Å². The zero-order valence-corrected chi connectivity index (χ0v) is 20.6. The second kappa shape index (κ2) is 11.5. The number of hydrogen-bond donors (Lipinski definition) is 1. The van der Waals surface area contributed by atoms with Crippen LogP contribution in [0.1, 0.15) is 35.4 Å². The van der Waals surface area contributed by atoms with E-state index >= 15 is 0 Å². The molecule has 3 saturated heterocycles. The summed E-state index contributed by atoms with van der Waals surface area (Å²) in [5.41, 5.74) is 2.35. The van der Waals surface area contributed by atoms with E-state index in [1.807, 2.05) is 17.0 Å². The van der Waals surface area contributed by atoms with E-state index in [0.29, 0.717) is 31.9 Å². The number of amides is 1. The van der Waals surface area contributed by atoms with Gasteiger partial charge in [0.2, 0.25) is 5.91 Å². The molecule has 0 aliphatic carbocycles. The minimum absolute atomic E-state index is 0.0552. The van der Waals surface area contributed by atoms with Crippen LogP contribution in [0.3, 0.4) is 0 Å². The number of benzene rings is 2. The minimum atomic E-state index is -0.320. The van der Waals surface area contributed by atoms with Crippen molar-refractivity contribution in [3.8, 4) is 11.8 Å². The first-order valence-electron chi connectivity index (χ1n) is 12.9. The Labute approximate surface area is 212 Å². The molecule has 190 valence electrons. The third-order valence-electron chi connectivity index (χ3n) is 7.70. The van der Waals surface area contributed by atoms with E-state index in [0.717, 1.165) is 50.1 Å². The second-order valence-corrected chi connectivity index (χ2v) is 9.87. The highest BCUT2D eigenvalue weighted by Crippen LogP contribution is 2.42. The number of ether oxygens (including phenoxy) is 1. The number of rotatable bonds is 4. The monoisotopic (exact) mass is 491 g/mol. The summed E-state index contributed by atoms with van der Waals surface area (Å²) in [6.45, 7) is 5.93. The summed E-state index contributed by atoms with van der Waals surface area (Å²) in [7, 11) is 0. The molecular weight excluding hydrogens is 457 g/mol. The standard InChI is InChI=1S/C29H34FN3O3/c30-25-6-2-1-5-23(25)10-7-22-8-11-24(12-9-22)29-26-19-32(13-3-4-14-33(26)27(29)21-34)28(35)20-31-15-17-36-18-16-31/h1-2,5-6,8-9,11-12,26-27,29,34H,3-4,13-21H2/t26-,27-,29-/m1/s1. The molecule has 1 N–H and O–H groups in total. The normalized spacial score (nSPS) is 25.1. The number of morpholine rings is 1. The summed E-state index contributed by atoms with van der Waals surface area (Å²) >= 11 is 0. The highest BCUT2D eigenvalue weighted by atomic mass is 19.1. The summed E-state index contributed by atoms with van der Waals surface area (Å²) in [4.78, 5) is 19.8. The maximum atomic E-state index is 13.9. The number of carbonyl (C=O) groups excluding carboxylic acids is 1. The molecule has 7 heteroatoms. The van der Waals surface area contributed by atoms with Gasteiger partial charge in [-0.3, -0.25) is 14.6 Å². The molecule has 0 spiro atoms. The molecule has 2 aromatic carbocycles. The molecule has 3 atom stereocenters. The van der Waals surface area contributed by atoms with Crippen LogP contribution in [0.15, 0.2) is 48.5 Å². The number of aliphatic hydroxyl groups is 1. The van der Waals surface area contributed by atoms with Gasteiger partial charge in [-0.05, 0) is 49.2 Å². The Morgan fingerprint density at radius 2 is 1.75 bits per heavy atom. The number of fused-ring (bicyclic) bond motifs is 1. The van der Waals surface area contributed by atoms with Gasteiger partial charge in [-0.2, -0.15) is 0 Å². The molecule has 3 aliphatic heterocycles. The fraction of sp³-hybridized carbons (Fsp3) is 0.483. The van der Waals surface area contributed by atoms with Gasteiger partial charge in [-0.25, -0.2) is 4.39 Å². The van der Waals surface area contributed by atoms with Crippen LogP contribution >= 0.6 is 0 Å². The molecule has 3 heterocycles. The third kappa shape index (κ3) is 5.47. The highest BCUT2D eigenvalue weighted by molar-refractivity contribution is 5.78. The maximum absolute atomic E-state index is 13.9. The van der Waals surface area contributed by atoms with Gasteiger partial charge in [0.25, 0.3) is 0 Å². The average Bonchev–Trinajstić information content (AvgIpc) is 2.88. The molecule has 2 aromatic rings. The van der Waals surface area contributed by atoms with E-state index in [1.54, 1.807) is 18.2 Å². The quantitative estimate of drug-likeness (QED) is 0.666. The molecular formula is C29H34FN3O3. The van der Waals surface area contributed by atoms with Gasteiger partial charge in [0.05, 0.1) is 31.9 Å². The van der Waals surface area contributed by atoms with Crippen LogP contribution in [0, 0.1) is 17.7 Å². The summed E-state index contributed by atoms with van der Waals surface area (Å²) in [5, 5.41) is 10.2. The molecule has 0 radical (unpaired) electrons. The van der Waals surface area contributed by atoms with Crippen molar-refractivity contribution < 1.29 is 19.0 Å². The number of carbonyl (C=O) groups is 1. The molecule has 3 aliphatic rings. The summed E-state index contributed by atoms with van der Waals surface area (Å²) < 4.78 is 19.3. The largest absolute Gasteiger partial charge is 0.395 e. The van der Waals surface area contributed by atoms with E-state index in [-0.39, 0.29) is 36.3 Å². The van der Waals surface area contributed by atoms with Crippen LogP contribution in [-0.2, 0) is 9.53 Å². The fourth-order valence-electron chi connectivity index (χ4n) is 5.71. The van der Waals surface area contributed by atoms with Gasteiger partial charge < -0.3 is 14.7 Å². The molecule has 36 heavy (non-hydrogen) atoms. The number of halogens is 1. The molecule has 6 nitrogen and oxygen atoms in total. The predicted molar refractivity (Wildman–Crippen MR) is 136 cm³/mol. The van der Waals surface area contributed by atoms with Crippen LogP contribution in [0.25, 0.3) is 0 Å². The summed E-state index contributed by atoms with van der Waals surface area (Å²) in [5.74, 6) is 5.97. The Morgan fingerprint density at radius 3 is 2.50 bits per heavy atom. The SMILES string of the molecule is O=C(CN1CCOCC1)N1CCCCN2[C@H](CO)[C@H](c3ccc(C#Cc4ccccc4F)cc3)[C@H]2C1. The van der Waals surface area contributed by atoms with E-state index in [2.05, 4.69) is 33.8 Å². The zero-order chi connectivity index (χ0) is 24.9. The maximum Gasteiger partial charge on any atom is 0.236 e. The Bertz CT molecular complexity index is 1110. The van der Waals surface area contributed by atoms with Crippen LogP contribution in [0.2, 0.25) is 0 Å². The molecule has 5 rings (SSSR count). The summed E-state index contributed by atoms with van der Waals surface area (Å²) in [6, 6.07) is 14.8. The van der Waals surface area contributed by atoms with Gasteiger partial charge >= 0.3 is 0 Å². The smallest absolute Gasteiger partial charge is 0.236 e. The third-order valence-corrected chi connectivity index (χ3v) is 7.70. The van der Waals surface area contributed by atoms with Gasteiger partial charge in [0, 0.05) is 49.7 Å². The highest BCUT2D eigenvalue weighted by Gasteiger charge is 2.49. The van der Waals surface area contributed by atoms with E-state index < -0.39 is 0 Å². The van der Waals surface area contributed by atoms with Crippen LogP contribution < -0.4 is 0 Å². The van der Waals surface area contributed by atoms with E-state index in [4.69, 9.17) is 4.74 Å². The lowest BCUT2D eigenvalue weighted by atomic mass is 9.74. The van der Waals surface area contributed by atoms with Crippen LogP contribution in [0.4, 0.5) is 4.39 Å². The Hall–Kier alpha value is -2.76. The Balaban J connectivity index is 1.30. The van der Waals surface area contributed by atoms with Gasteiger partial charge in [-0.1, -0.05) is 36.1 Å². The van der Waals surface area contributed by atoms with Crippen LogP contribution in [0.5, 0.6) is 0 Å². The topological polar surface area (TPSA) is 56.2 Å². The lowest BCUT2D eigenvalue weighted by molar-refractivity contribution is -0.138. The van der Waals surface area contributed by atoms with Crippen molar-refractivity contribution in [2.45, 2.75) is 30.8 Å². The van der Waals surface area contributed by atoms with Crippen molar-refractivity contribution >= 4 is 5.91 Å². The van der Waals surface area contributed by atoms with Crippen molar-refractivity contribution in [2.75, 3.05) is 59.1 Å². The van der Waals surface area contributed by atoms with Crippen molar-refractivity contribution in [2.24, 2.45) is 0 Å². The molecule has 3 fully saturated rings. The van der Waals surface area contributed by atoms with Gasteiger partial charge in [0.1, 0.15) is 5.82 Å². The Kier molecular flexibility index (Phi) is 7.98. The molecule has 0 unspecified atom stereocenters. The predicted octanol–water partition coefficient (Wildman–Crippen LogP) is 2.31. The number of nitrogens with zero attached hydrogens (tertiary/aromatic N) is 3. The van der Waals surface area contributed by atoms with E-state index in [9.17, 15) is 14.3 Å². The first-order valence-corrected chi connectivity index (χ1v) is 12.9. The lowest BCUT2D eigenvalue weighted by Crippen LogP contribution is -2.68. The number of hydrogen-bond acceptors (Lipinski definition) is 5. The van der Waals surface area contributed by atoms with Crippen molar-refractivity contribution in [1.82, 2.24) is 14.7 Å². The zero-order valence-electron chi connectivity index (χ0n) is 20.6. The van der Waals surface area contributed by atoms with Crippen molar-refractivity contribution in [1.29, 1.82) is 0 Å². The number of aliphatic hydroxyl groups excluding tert-OH is 1. The molecule has 0 aromatic heterocycles. The van der Waals surface area contributed by atoms with Gasteiger partial charge in [-0.15, -0.1) is 0 Å². The van der Waals surface area contributed by atoms with Crippen molar-refractivity contribution in [3.05, 3.63) is 71.0 Å². The first-order chi connectivity index (χ1) is 17.6. The fourth-order valence-corrected chi connectivity index (χ4v) is 5.71. The van der Waals surface area contributed by atoms with Crippen molar-refractivity contribution in [3.63, 3.8) is 0 Å². The van der Waals surface area contributed by atoms with E-state index in [1.165, 1.54) is 6.07 Å². The lowest BCUT2D eigenvalue weighted by Gasteiger charge is -2.57. The Morgan fingerprint density at radius 1 is 1.00 bits per heavy atom. The minimum Gasteiger partial charge on any atom is -0.395 e. The first kappa shape index (κ1) is 24.9. The molecule has 0 saturated carbocycles. The summed E-state index contributed by atoms with van der Waals surface area (Å²) in [6.07, 6.45) is 2.00. The molecule has 1 amide bonds. The average molecular weight is 492 g/mol.